The number of hydrogen-bond acceptors (Lipinski definition) is 3. The highest BCUT2D eigenvalue weighted by molar-refractivity contribution is 4.78. The molecule has 88 valence electrons. The van der Waals surface area contributed by atoms with Crippen LogP contribution in [-0.4, -0.2) is 50.8 Å². The van der Waals surface area contributed by atoms with Crippen LogP contribution in [0.4, 0.5) is 0 Å². The predicted molar refractivity (Wildman–Crippen MR) is 62.1 cm³/mol. The molecule has 15 heavy (non-hydrogen) atoms. The molecule has 0 radical (unpaired) electrons. The lowest BCUT2D eigenvalue weighted by molar-refractivity contribution is 0.0412. The molecule has 0 bridgehead atoms. The molecule has 2 fully saturated rings. The number of rotatable bonds is 4. The molecule has 2 rings (SSSR count). The Kier molecular flexibility index (Phi) is 4.42. The molecule has 2 aliphatic heterocycles. The van der Waals surface area contributed by atoms with E-state index in [2.05, 4.69) is 17.3 Å². The third-order valence-electron chi connectivity index (χ3n) is 3.52. The average molecular weight is 212 g/mol. The van der Waals surface area contributed by atoms with Crippen molar-refractivity contribution in [3.8, 4) is 0 Å². The third kappa shape index (κ3) is 3.74. The van der Waals surface area contributed by atoms with Crippen LogP contribution in [0.5, 0.6) is 0 Å². The van der Waals surface area contributed by atoms with Crippen LogP contribution in [0, 0.1) is 5.92 Å². The predicted octanol–water partition coefficient (Wildman–Crippen LogP) is 1.10. The maximum absolute atomic E-state index is 5.51. The Balaban J connectivity index is 1.64. The van der Waals surface area contributed by atoms with Crippen molar-refractivity contribution in [2.75, 3.05) is 39.9 Å². The first-order valence-electron chi connectivity index (χ1n) is 6.34. The molecule has 0 saturated carbocycles. The van der Waals surface area contributed by atoms with Crippen LogP contribution < -0.4 is 5.32 Å². The molecule has 0 aliphatic carbocycles. The van der Waals surface area contributed by atoms with Crippen molar-refractivity contribution in [3.63, 3.8) is 0 Å². The lowest BCUT2D eigenvalue weighted by Crippen LogP contribution is -2.39. The van der Waals surface area contributed by atoms with Crippen LogP contribution in [0.3, 0.4) is 0 Å². The van der Waals surface area contributed by atoms with Crippen molar-refractivity contribution in [2.45, 2.75) is 31.7 Å². The van der Waals surface area contributed by atoms with Gasteiger partial charge in [0.2, 0.25) is 0 Å². The molecule has 2 aliphatic rings. The number of likely N-dealkylation sites (N-methyl/N-ethyl adjacent to an activating group) is 1. The fourth-order valence-electron chi connectivity index (χ4n) is 2.76. The van der Waals surface area contributed by atoms with Gasteiger partial charge in [-0.05, 0) is 45.2 Å². The van der Waals surface area contributed by atoms with Crippen molar-refractivity contribution < 1.29 is 4.74 Å². The molecule has 2 heterocycles. The molecule has 0 aromatic heterocycles. The Morgan fingerprint density at radius 3 is 2.87 bits per heavy atom. The minimum absolute atomic E-state index is 0.736. The van der Waals surface area contributed by atoms with Crippen molar-refractivity contribution in [3.05, 3.63) is 0 Å². The van der Waals surface area contributed by atoms with Crippen LogP contribution in [0.15, 0.2) is 0 Å². The van der Waals surface area contributed by atoms with Gasteiger partial charge >= 0.3 is 0 Å². The molecule has 0 amide bonds. The zero-order valence-electron chi connectivity index (χ0n) is 9.87. The lowest BCUT2D eigenvalue weighted by atomic mass is 10.0. The molecule has 2 saturated heterocycles. The van der Waals surface area contributed by atoms with E-state index in [0.29, 0.717) is 0 Å². The fraction of sp³-hybridized carbons (Fsp3) is 1.00. The number of nitrogens with one attached hydrogen (secondary N) is 1. The Morgan fingerprint density at radius 1 is 1.27 bits per heavy atom. The molecule has 0 spiro atoms. The van der Waals surface area contributed by atoms with Crippen molar-refractivity contribution >= 4 is 0 Å². The second kappa shape index (κ2) is 5.83. The first-order valence-corrected chi connectivity index (χ1v) is 6.34. The highest BCUT2D eigenvalue weighted by Crippen LogP contribution is 2.15. The number of ether oxygens (including phenoxy) is 1. The van der Waals surface area contributed by atoms with Crippen molar-refractivity contribution in [2.24, 2.45) is 5.92 Å². The van der Waals surface area contributed by atoms with Crippen LogP contribution >= 0.6 is 0 Å². The Labute approximate surface area is 93.2 Å². The summed E-state index contributed by atoms with van der Waals surface area (Å²) in [6, 6.07) is 0.736. The largest absolute Gasteiger partial charge is 0.381 e. The molecule has 0 aromatic rings. The standard InChI is InChI=1S/C12H24N2O/c1-14(9-12-5-2-6-13-12)8-11-4-3-7-15-10-11/h11-13H,2-10H2,1H3/t11?,12-/m0/s1. The summed E-state index contributed by atoms with van der Waals surface area (Å²) in [4.78, 5) is 2.47. The number of nitrogens with zero attached hydrogens (tertiary/aromatic N) is 1. The summed E-state index contributed by atoms with van der Waals surface area (Å²) in [7, 11) is 2.24. The zero-order chi connectivity index (χ0) is 10.5. The van der Waals surface area contributed by atoms with Gasteiger partial charge in [-0.1, -0.05) is 0 Å². The zero-order valence-corrected chi connectivity index (χ0v) is 9.87. The van der Waals surface area contributed by atoms with E-state index in [9.17, 15) is 0 Å². The second-order valence-electron chi connectivity index (χ2n) is 5.10. The third-order valence-corrected chi connectivity index (χ3v) is 3.52. The Hall–Kier alpha value is -0.120. The van der Waals surface area contributed by atoms with Gasteiger partial charge in [-0.25, -0.2) is 0 Å². The topological polar surface area (TPSA) is 24.5 Å². The summed E-state index contributed by atoms with van der Waals surface area (Å²) < 4.78 is 5.51. The maximum Gasteiger partial charge on any atom is 0.0506 e. The van der Waals surface area contributed by atoms with E-state index in [-0.39, 0.29) is 0 Å². The van der Waals surface area contributed by atoms with Crippen molar-refractivity contribution in [1.82, 2.24) is 10.2 Å². The molecule has 3 nitrogen and oxygen atoms in total. The molecule has 1 unspecified atom stereocenters. The van der Waals surface area contributed by atoms with Gasteiger partial charge in [0.1, 0.15) is 0 Å². The van der Waals surface area contributed by atoms with Crippen LogP contribution in [0.1, 0.15) is 25.7 Å². The van der Waals surface area contributed by atoms with Gasteiger partial charge in [-0.3, -0.25) is 0 Å². The normalized spacial score (nSPS) is 32.4. The smallest absolute Gasteiger partial charge is 0.0506 e. The molecule has 1 N–H and O–H groups in total. The Morgan fingerprint density at radius 2 is 2.20 bits per heavy atom. The van der Waals surface area contributed by atoms with E-state index in [0.717, 1.165) is 25.2 Å². The summed E-state index contributed by atoms with van der Waals surface area (Å²) >= 11 is 0. The quantitative estimate of drug-likeness (QED) is 0.755. The summed E-state index contributed by atoms with van der Waals surface area (Å²) in [5.74, 6) is 0.769. The summed E-state index contributed by atoms with van der Waals surface area (Å²) in [6.45, 7) is 5.58. The molecule has 3 heteroatoms. The average Bonchev–Trinajstić information content (AvgIpc) is 2.71. The summed E-state index contributed by atoms with van der Waals surface area (Å²) in [5, 5.41) is 3.55. The summed E-state index contributed by atoms with van der Waals surface area (Å²) in [5.41, 5.74) is 0. The minimum Gasteiger partial charge on any atom is -0.381 e. The van der Waals surface area contributed by atoms with Gasteiger partial charge in [0.15, 0.2) is 0 Å². The molecule has 2 atom stereocenters. The molecule has 0 aromatic carbocycles. The van der Waals surface area contributed by atoms with E-state index in [1.807, 2.05) is 0 Å². The van der Waals surface area contributed by atoms with Crippen molar-refractivity contribution in [1.29, 1.82) is 0 Å². The van der Waals surface area contributed by atoms with E-state index in [1.165, 1.54) is 45.3 Å². The first kappa shape index (κ1) is 11.4. The monoisotopic (exact) mass is 212 g/mol. The lowest BCUT2D eigenvalue weighted by Gasteiger charge is -2.28. The van der Waals surface area contributed by atoms with E-state index < -0.39 is 0 Å². The Bertz CT molecular complexity index is 174. The SMILES string of the molecule is CN(CC1CCCOC1)C[C@@H]1CCCN1. The van der Waals surface area contributed by atoms with Gasteiger partial charge in [0, 0.05) is 25.7 Å². The highest BCUT2D eigenvalue weighted by atomic mass is 16.5. The van der Waals surface area contributed by atoms with Crippen LogP contribution in [-0.2, 0) is 4.74 Å². The fourth-order valence-corrected chi connectivity index (χ4v) is 2.76. The first-order chi connectivity index (χ1) is 7.34. The summed E-state index contributed by atoms with van der Waals surface area (Å²) in [6.07, 6.45) is 5.30. The van der Waals surface area contributed by atoms with Gasteiger partial charge < -0.3 is 15.0 Å². The van der Waals surface area contributed by atoms with E-state index in [1.54, 1.807) is 0 Å². The minimum atomic E-state index is 0.736. The van der Waals surface area contributed by atoms with E-state index in [4.69, 9.17) is 4.74 Å². The van der Waals surface area contributed by atoms with Crippen LogP contribution in [0.25, 0.3) is 0 Å². The van der Waals surface area contributed by atoms with Gasteiger partial charge in [-0.15, -0.1) is 0 Å². The van der Waals surface area contributed by atoms with Gasteiger partial charge in [0.25, 0.3) is 0 Å². The van der Waals surface area contributed by atoms with Gasteiger partial charge in [-0.2, -0.15) is 0 Å². The highest BCUT2D eigenvalue weighted by Gasteiger charge is 2.19. The second-order valence-corrected chi connectivity index (χ2v) is 5.10. The molecular formula is C12H24N2O. The van der Waals surface area contributed by atoms with Gasteiger partial charge in [0.05, 0.1) is 6.61 Å². The number of hydrogen-bond donors (Lipinski definition) is 1. The maximum atomic E-state index is 5.51. The molecular weight excluding hydrogens is 188 g/mol. The van der Waals surface area contributed by atoms with E-state index >= 15 is 0 Å². The van der Waals surface area contributed by atoms with Crippen LogP contribution in [0.2, 0.25) is 0 Å².